The van der Waals surface area contributed by atoms with E-state index in [1.165, 1.54) is 65.2 Å². The van der Waals surface area contributed by atoms with E-state index in [1.54, 1.807) is 48.5 Å². The van der Waals surface area contributed by atoms with Gasteiger partial charge in [0.25, 0.3) is 0 Å². The number of nitrogens with one attached hydrogen (secondary N) is 2. The lowest BCUT2D eigenvalue weighted by Crippen LogP contribution is -2.35. The van der Waals surface area contributed by atoms with Crippen molar-refractivity contribution in [2.75, 3.05) is 98.5 Å². The minimum Gasteiger partial charge on any atom is -0.494 e. The first-order valence-electron chi connectivity index (χ1n) is 36.6. The number of nitrogens with zero attached hydrogens (tertiary/aromatic N) is 7. The van der Waals surface area contributed by atoms with E-state index >= 15 is 0 Å². The maximum Gasteiger partial charge on any atom is 0.332 e. The number of amidine groups is 6. The van der Waals surface area contributed by atoms with Crippen molar-refractivity contribution in [1.29, 1.82) is 10.8 Å². The number of ether oxygens (including phenoxy) is 6. The summed E-state index contributed by atoms with van der Waals surface area (Å²) in [5.74, 6) is 6.63. The van der Waals surface area contributed by atoms with Crippen molar-refractivity contribution in [1.82, 2.24) is 14.7 Å². The van der Waals surface area contributed by atoms with E-state index < -0.39 is 11.9 Å². The first-order valence-corrected chi connectivity index (χ1v) is 36.6. The van der Waals surface area contributed by atoms with Crippen molar-refractivity contribution in [2.24, 2.45) is 72.8 Å². The van der Waals surface area contributed by atoms with Crippen molar-refractivity contribution < 1.29 is 58.1 Å². The van der Waals surface area contributed by atoms with Crippen LogP contribution in [0.1, 0.15) is 144 Å². The zero-order valence-electron chi connectivity index (χ0n) is 61.4. The molecule has 3 aliphatic rings. The molecule has 3 heterocycles. The molecule has 0 spiro atoms. The van der Waals surface area contributed by atoms with Crippen LogP contribution in [0, 0.1) is 28.6 Å². The standard InChI is InChI=1S/C29H39N5O6.C25H35N5O4.C25H35N5O2/c1-21(35)39-32-28(30)24-6-10-26(11-7-24)37-19-3-5-23-14-17-34(18-15-23)16-4-20-38-27-12-8-25(9-13-27)29(31)33-40-22(2)36;26-24(28-31)20-4-8-22(9-5-20)33-17-1-3-19-12-15-30(16-13-19)14-2-18-34-23-10-6-21(7-11-23)25(27)29-32;26-24(27)20-4-8-22(9-5-20)31-17-1-3-19-12-15-30(16-13-19)14-2-18-32-23-10-6-21(7-11-23)25(28)29/h6-13,23H,3-5,14-20H2,1-2H3,(H2,30,32)(H2,31,33);4-11,19,31-32H,1-3,12-18H2,(H2,26,28)(H2,27,29);4-11,19H,1-3,12-18H2,(H3,26,27)(H3,28,29). The summed E-state index contributed by atoms with van der Waals surface area (Å²) >= 11 is 0. The number of hydrogen-bond acceptors (Lipinski definition) is 21. The zero-order chi connectivity index (χ0) is 75.7. The van der Waals surface area contributed by atoms with E-state index in [2.05, 4.69) is 45.0 Å². The van der Waals surface area contributed by atoms with Crippen LogP contribution in [-0.2, 0) is 19.3 Å². The molecule has 6 aromatic rings. The number of rotatable bonds is 38. The van der Waals surface area contributed by atoms with Gasteiger partial charge in [-0.15, -0.1) is 0 Å². The Labute approximate surface area is 622 Å². The lowest BCUT2D eigenvalue weighted by molar-refractivity contribution is -0.141. The van der Waals surface area contributed by atoms with Crippen LogP contribution in [0.2, 0.25) is 0 Å². The molecule has 0 aromatic heterocycles. The summed E-state index contributed by atoms with van der Waals surface area (Å²) in [5, 5.41) is 45.4. The Morgan fingerprint density at radius 1 is 0.349 bits per heavy atom. The number of nitrogen functional groups attached to an aromatic ring is 2. The summed E-state index contributed by atoms with van der Waals surface area (Å²) in [6.45, 7) is 16.6. The Hall–Kier alpha value is -10.6. The number of carbonyl (C=O) groups excluding carboxylic acids is 2. The van der Waals surface area contributed by atoms with Crippen LogP contribution >= 0.6 is 0 Å². The predicted octanol–water partition coefficient (Wildman–Crippen LogP) is 10.2. The van der Waals surface area contributed by atoms with E-state index in [4.69, 9.17) is 84.1 Å². The predicted molar refractivity (Wildman–Crippen MR) is 413 cm³/mol. The average molecular weight is 1460 g/mol. The summed E-state index contributed by atoms with van der Waals surface area (Å²) in [4.78, 5) is 38.3. The van der Waals surface area contributed by atoms with Gasteiger partial charge in [-0.05, 0) is 299 Å². The molecule has 3 saturated heterocycles. The minimum atomic E-state index is -0.518. The molecule has 3 aliphatic heterocycles. The first-order chi connectivity index (χ1) is 51.4. The summed E-state index contributed by atoms with van der Waals surface area (Å²) in [6, 6.07) is 43.7. The van der Waals surface area contributed by atoms with Gasteiger partial charge < -0.3 is 97.6 Å². The molecule has 9 rings (SSSR count). The molecule has 0 saturated carbocycles. The van der Waals surface area contributed by atoms with Crippen molar-refractivity contribution in [3.8, 4) is 34.5 Å². The Kier molecular flexibility index (Phi) is 36.1. The van der Waals surface area contributed by atoms with Crippen LogP contribution in [0.15, 0.2) is 166 Å². The van der Waals surface area contributed by atoms with Gasteiger partial charge >= 0.3 is 11.9 Å². The number of benzene rings is 6. The van der Waals surface area contributed by atoms with E-state index in [9.17, 15) is 9.59 Å². The lowest BCUT2D eigenvalue weighted by Gasteiger charge is -2.32. The van der Waals surface area contributed by atoms with Crippen molar-refractivity contribution in [3.05, 3.63) is 179 Å². The zero-order valence-corrected chi connectivity index (χ0v) is 61.4. The Bertz CT molecular complexity index is 3450. The average Bonchev–Trinajstić information content (AvgIpc) is 2.03. The fraction of sp³-hybridized carbons (Fsp3) is 0.443. The van der Waals surface area contributed by atoms with E-state index in [0.29, 0.717) is 55.3 Å². The second-order valence-electron chi connectivity index (χ2n) is 26.5. The molecule has 106 heavy (non-hydrogen) atoms. The summed E-state index contributed by atoms with van der Waals surface area (Å²) in [6.07, 6.45) is 17.0. The van der Waals surface area contributed by atoms with Gasteiger partial charge in [-0.1, -0.05) is 20.6 Å². The molecule has 27 nitrogen and oxygen atoms in total. The van der Waals surface area contributed by atoms with E-state index in [0.717, 1.165) is 174 Å². The van der Waals surface area contributed by atoms with Gasteiger partial charge in [0.05, 0.1) is 39.6 Å². The van der Waals surface area contributed by atoms with Gasteiger partial charge in [0, 0.05) is 66.9 Å². The maximum atomic E-state index is 10.8. The smallest absolute Gasteiger partial charge is 0.332 e. The van der Waals surface area contributed by atoms with Crippen LogP contribution in [0.4, 0.5) is 0 Å². The first kappa shape index (κ1) is 82.6. The number of likely N-dealkylation sites (tertiary alicyclic amines) is 3. The molecular formula is C79H109N15O12. The van der Waals surface area contributed by atoms with E-state index in [1.807, 2.05) is 97.1 Å². The second-order valence-corrected chi connectivity index (χ2v) is 26.5. The van der Waals surface area contributed by atoms with Gasteiger partial charge in [0.15, 0.2) is 23.3 Å². The van der Waals surface area contributed by atoms with Crippen LogP contribution in [0.25, 0.3) is 0 Å². The van der Waals surface area contributed by atoms with Crippen LogP contribution in [0.3, 0.4) is 0 Å². The Balaban J connectivity index is 0.000000223. The Morgan fingerprint density at radius 2 is 0.557 bits per heavy atom. The monoisotopic (exact) mass is 1460 g/mol. The molecule has 0 atom stereocenters. The quantitative estimate of drug-likeness (QED) is 0.00430. The number of carbonyl (C=O) groups is 2. The van der Waals surface area contributed by atoms with Gasteiger partial charge in [0.2, 0.25) is 0 Å². The molecule has 0 unspecified atom stereocenters. The number of piperidine rings is 3. The molecule has 16 N–H and O–H groups in total. The molecule has 0 amide bonds. The van der Waals surface area contributed by atoms with E-state index in [-0.39, 0.29) is 35.0 Å². The fourth-order valence-corrected chi connectivity index (χ4v) is 12.4. The Morgan fingerprint density at radius 3 is 0.764 bits per heavy atom. The third kappa shape index (κ3) is 31.4. The van der Waals surface area contributed by atoms with Crippen LogP contribution < -0.4 is 62.8 Å². The van der Waals surface area contributed by atoms with Gasteiger partial charge in [-0.3, -0.25) is 10.8 Å². The molecule has 27 heteroatoms. The summed E-state index contributed by atoms with van der Waals surface area (Å²) in [7, 11) is 0. The largest absolute Gasteiger partial charge is 0.494 e. The molecule has 572 valence electrons. The molecule has 6 aromatic carbocycles. The van der Waals surface area contributed by atoms with Crippen molar-refractivity contribution >= 4 is 47.0 Å². The third-order valence-electron chi connectivity index (χ3n) is 18.6. The van der Waals surface area contributed by atoms with Crippen molar-refractivity contribution in [3.63, 3.8) is 0 Å². The fourth-order valence-electron chi connectivity index (χ4n) is 12.4. The summed E-state index contributed by atoms with van der Waals surface area (Å²) < 4.78 is 35.0. The highest BCUT2D eigenvalue weighted by Gasteiger charge is 2.22. The number of oxime groups is 4. The molecule has 0 aliphatic carbocycles. The second kappa shape index (κ2) is 46.2. The maximum absolute atomic E-state index is 10.8. The van der Waals surface area contributed by atoms with Gasteiger partial charge in [0.1, 0.15) is 46.2 Å². The molecule has 0 radical (unpaired) electrons. The van der Waals surface area contributed by atoms with Crippen LogP contribution in [-0.4, -0.2) is 171 Å². The van der Waals surface area contributed by atoms with Gasteiger partial charge in [-0.25, -0.2) is 9.59 Å². The minimum absolute atomic E-state index is 0.0768. The molecular weight excluding hydrogens is 1350 g/mol. The highest BCUT2D eigenvalue weighted by molar-refractivity contribution is 5.99. The SMILES string of the molecule is CC(=O)O/N=C(\N)c1ccc(OCCCC2CCN(CCCOc3ccc(/C(N)=N/OC(C)=O)cc3)CC2)cc1.N/C(=N\O)c1ccc(OCCCC2CCN(CCCOc3ccc(/C(N)=N/O)cc3)CC2)cc1.N=C(N)c1ccc(OCCCC2CCN(CCCOc3ccc(C(=N)N)cc3)CC2)cc1. The highest BCUT2D eigenvalue weighted by Crippen LogP contribution is 2.27. The number of nitrogens with two attached hydrogens (primary N) is 6. The number of hydrogen-bond donors (Lipinski definition) is 10. The normalized spacial score (nSPS) is 15.2. The third-order valence-corrected chi connectivity index (χ3v) is 18.6. The topological polar surface area (TPSA) is 411 Å². The molecule has 0 bridgehead atoms. The van der Waals surface area contributed by atoms with Gasteiger partial charge in [-0.2, -0.15) is 0 Å². The van der Waals surface area contributed by atoms with Crippen molar-refractivity contribution in [2.45, 2.75) is 110 Å². The summed E-state index contributed by atoms with van der Waals surface area (Å²) in [5.41, 5.74) is 37.8. The van der Waals surface area contributed by atoms with Crippen LogP contribution in [0.5, 0.6) is 34.5 Å². The highest BCUT2D eigenvalue weighted by atomic mass is 16.7. The molecule has 3 fully saturated rings. The lowest BCUT2D eigenvalue weighted by atomic mass is 9.92.